The first-order chi connectivity index (χ1) is 9.96. The molecule has 21 heavy (non-hydrogen) atoms. The largest absolute Gasteiger partial charge is 0.495 e. The summed E-state index contributed by atoms with van der Waals surface area (Å²) in [6.45, 7) is 0. The summed E-state index contributed by atoms with van der Waals surface area (Å²) in [6, 6.07) is 11.4. The number of sulfonamides is 1. The number of nitrogens with one attached hydrogen (secondary N) is 1. The van der Waals surface area contributed by atoms with Crippen molar-refractivity contribution in [1.82, 2.24) is 0 Å². The molecule has 2 aromatic carbocycles. The van der Waals surface area contributed by atoms with Crippen LogP contribution in [0.5, 0.6) is 5.75 Å². The Balaban J connectivity index is 2.26. The molecule has 0 radical (unpaired) electrons. The first-order valence-electron chi connectivity index (χ1n) is 5.96. The van der Waals surface area contributed by atoms with E-state index in [1.54, 1.807) is 48.2 Å². The molecule has 0 spiro atoms. The summed E-state index contributed by atoms with van der Waals surface area (Å²) in [7, 11) is -2.13. The topological polar surface area (TPSA) is 55.4 Å². The third-order valence-corrected chi connectivity index (χ3v) is 5.21. The minimum Gasteiger partial charge on any atom is -0.495 e. The molecule has 0 aliphatic carbocycles. The van der Waals surface area contributed by atoms with Gasteiger partial charge in [-0.15, -0.1) is 11.8 Å². The van der Waals surface area contributed by atoms with Crippen LogP contribution >= 0.6 is 23.4 Å². The van der Waals surface area contributed by atoms with Gasteiger partial charge in [-0.2, -0.15) is 0 Å². The second-order valence-corrected chi connectivity index (χ2v) is 7.10. The van der Waals surface area contributed by atoms with E-state index in [1.165, 1.54) is 13.2 Å². The van der Waals surface area contributed by atoms with Crippen molar-refractivity contribution in [3.8, 4) is 5.75 Å². The van der Waals surface area contributed by atoms with E-state index < -0.39 is 10.0 Å². The number of hydrogen-bond acceptors (Lipinski definition) is 4. The summed E-state index contributed by atoms with van der Waals surface area (Å²) in [6.07, 6.45) is 1.93. The summed E-state index contributed by atoms with van der Waals surface area (Å²) in [5.74, 6) is 0.490. The number of methoxy groups -OCH3 is 1. The predicted molar refractivity (Wildman–Crippen MR) is 87.0 cm³/mol. The van der Waals surface area contributed by atoms with E-state index in [2.05, 4.69) is 4.72 Å². The molecule has 0 atom stereocenters. The molecule has 0 aliphatic rings. The molecule has 0 aliphatic heterocycles. The second-order valence-electron chi connectivity index (χ2n) is 4.13. The highest BCUT2D eigenvalue weighted by Gasteiger charge is 2.14. The molecule has 4 nitrogen and oxygen atoms in total. The molecule has 2 aromatic rings. The molecular formula is C14H14ClNO3S2. The van der Waals surface area contributed by atoms with Gasteiger partial charge in [0.15, 0.2) is 0 Å². The van der Waals surface area contributed by atoms with Gasteiger partial charge in [-0.1, -0.05) is 11.6 Å². The molecular weight excluding hydrogens is 330 g/mol. The maximum atomic E-state index is 12.3. The Kier molecular flexibility index (Phi) is 5.03. The maximum Gasteiger partial charge on any atom is 0.261 e. The number of anilines is 1. The van der Waals surface area contributed by atoms with Crippen LogP contribution in [0.3, 0.4) is 0 Å². The summed E-state index contributed by atoms with van der Waals surface area (Å²) in [4.78, 5) is 1.20. The van der Waals surface area contributed by atoms with E-state index >= 15 is 0 Å². The number of halogens is 1. The van der Waals surface area contributed by atoms with E-state index in [4.69, 9.17) is 16.3 Å². The number of benzene rings is 2. The minimum absolute atomic E-state index is 0.201. The van der Waals surface area contributed by atoms with Crippen LogP contribution in [0.15, 0.2) is 52.3 Å². The van der Waals surface area contributed by atoms with Gasteiger partial charge in [0, 0.05) is 4.90 Å². The SMILES string of the molecule is COc1ccc(NS(=O)(=O)c2ccc(SC)cc2)cc1Cl. The predicted octanol–water partition coefficient (Wildman–Crippen LogP) is 3.87. The lowest BCUT2D eigenvalue weighted by atomic mass is 10.3. The monoisotopic (exact) mass is 343 g/mol. The zero-order chi connectivity index (χ0) is 15.5. The van der Waals surface area contributed by atoms with Crippen molar-refractivity contribution in [3.05, 3.63) is 47.5 Å². The lowest BCUT2D eigenvalue weighted by Crippen LogP contribution is -2.12. The van der Waals surface area contributed by atoms with Gasteiger partial charge in [0.05, 0.1) is 22.7 Å². The Bertz CT molecular complexity index is 730. The molecule has 7 heteroatoms. The summed E-state index contributed by atoms with van der Waals surface area (Å²) < 4.78 is 32.1. The highest BCUT2D eigenvalue weighted by Crippen LogP contribution is 2.28. The van der Waals surface area contributed by atoms with Crippen LogP contribution in [0.1, 0.15) is 0 Å². The minimum atomic E-state index is -3.63. The van der Waals surface area contributed by atoms with Crippen molar-refractivity contribution < 1.29 is 13.2 Å². The Morgan fingerprint density at radius 1 is 1.14 bits per heavy atom. The van der Waals surface area contributed by atoms with Crippen molar-refractivity contribution in [2.45, 2.75) is 9.79 Å². The van der Waals surface area contributed by atoms with Crippen molar-refractivity contribution in [2.75, 3.05) is 18.1 Å². The zero-order valence-electron chi connectivity index (χ0n) is 11.5. The van der Waals surface area contributed by atoms with Gasteiger partial charge in [-0.25, -0.2) is 8.42 Å². The standard InChI is InChI=1S/C14H14ClNO3S2/c1-19-14-8-3-10(9-13(14)15)16-21(17,18)12-6-4-11(20-2)5-7-12/h3-9,16H,1-2H3. The Morgan fingerprint density at radius 3 is 2.33 bits per heavy atom. The molecule has 0 saturated heterocycles. The van der Waals surface area contributed by atoms with Crippen LogP contribution in [0.25, 0.3) is 0 Å². The molecule has 0 bridgehead atoms. The van der Waals surface area contributed by atoms with E-state index in [1.807, 2.05) is 6.26 Å². The molecule has 2 rings (SSSR count). The van der Waals surface area contributed by atoms with Crippen LogP contribution in [0.4, 0.5) is 5.69 Å². The molecule has 112 valence electrons. The smallest absolute Gasteiger partial charge is 0.261 e. The first kappa shape index (κ1) is 16.0. The van der Waals surface area contributed by atoms with Gasteiger partial charge in [0.1, 0.15) is 5.75 Å². The highest BCUT2D eigenvalue weighted by molar-refractivity contribution is 7.98. The summed E-state index contributed by atoms with van der Waals surface area (Å²) in [5, 5.41) is 0.343. The maximum absolute atomic E-state index is 12.3. The van der Waals surface area contributed by atoms with Crippen LogP contribution in [0, 0.1) is 0 Å². The number of ether oxygens (including phenoxy) is 1. The molecule has 0 heterocycles. The van der Waals surface area contributed by atoms with Crippen molar-refractivity contribution in [1.29, 1.82) is 0 Å². The Hall–Kier alpha value is -1.37. The number of rotatable bonds is 5. The van der Waals surface area contributed by atoms with Gasteiger partial charge < -0.3 is 4.74 Å². The van der Waals surface area contributed by atoms with Crippen LogP contribution in [-0.4, -0.2) is 21.8 Å². The first-order valence-corrected chi connectivity index (χ1v) is 9.05. The molecule has 0 saturated carbocycles. The van der Waals surface area contributed by atoms with Gasteiger partial charge in [-0.3, -0.25) is 4.72 Å². The fourth-order valence-electron chi connectivity index (χ4n) is 1.70. The lowest BCUT2D eigenvalue weighted by Gasteiger charge is -2.10. The Morgan fingerprint density at radius 2 is 1.81 bits per heavy atom. The molecule has 0 fully saturated rings. The fourth-order valence-corrected chi connectivity index (χ4v) is 3.41. The summed E-state index contributed by atoms with van der Waals surface area (Å²) >= 11 is 7.53. The van der Waals surface area contributed by atoms with E-state index in [0.29, 0.717) is 16.5 Å². The van der Waals surface area contributed by atoms with E-state index in [9.17, 15) is 8.42 Å². The molecule has 1 N–H and O–H groups in total. The van der Waals surface area contributed by atoms with Gasteiger partial charge in [0.25, 0.3) is 10.0 Å². The van der Waals surface area contributed by atoms with Gasteiger partial charge in [0.2, 0.25) is 0 Å². The second kappa shape index (κ2) is 6.60. The summed E-state index contributed by atoms with van der Waals surface area (Å²) in [5.41, 5.74) is 0.384. The fraction of sp³-hybridized carbons (Fsp3) is 0.143. The van der Waals surface area contributed by atoms with Gasteiger partial charge in [-0.05, 0) is 48.7 Å². The van der Waals surface area contributed by atoms with Crippen LogP contribution in [-0.2, 0) is 10.0 Å². The van der Waals surface area contributed by atoms with Crippen LogP contribution in [0.2, 0.25) is 5.02 Å². The van der Waals surface area contributed by atoms with Crippen molar-refractivity contribution >= 4 is 39.1 Å². The molecule has 0 unspecified atom stereocenters. The van der Waals surface area contributed by atoms with Gasteiger partial charge >= 0.3 is 0 Å². The third-order valence-electron chi connectivity index (χ3n) is 2.77. The number of thioether (sulfide) groups is 1. The Labute approximate surface area is 133 Å². The highest BCUT2D eigenvalue weighted by atomic mass is 35.5. The number of hydrogen-bond donors (Lipinski definition) is 1. The van der Waals surface area contributed by atoms with Crippen LogP contribution < -0.4 is 9.46 Å². The normalized spacial score (nSPS) is 11.2. The van der Waals surface area contributed by atoms with Crippen molar-refractivity contribution in [3.63, 3.8) is 0 Å². The average molecular weight is 344 g/mol. The van der Waals surface area contributed by atoms with E-state index in [0.717, 1.165) is 4.90 Å². The molecule has 0 aromatic heterocycles. The quantitative estimate of drug-likeness (QED) is 0.837. The lowest BCUT2D eigenvalue weighted by molar-refractivity contribution is 0.415. The third kappa shape index (κ3) is 3.84. The average Bonchev–Trinajstić information content (AvgIpc) is 2.47. The molecule has 0 amide bonds. The van der Waals surface area contributed by atoms with E-state index in [-0.39, 0.29) is 4.90 Å². The van der Waals surface area contributed by atoms with Crippen molar-refractivity contribution in [2.24, 2.45) is 0 Å². The zero-order valence-corrected chi connectivity index (χ0v) is 13.8.